The molecule has 0 aliphatic rings. The van der Waals surface area contributed by atoms with Gasteiger partial charge in [0.2, 0.25) is 0 Å². The van der Waals surface area contributed by atoms with Gasteiger partial charge in [-0.25, -0.2) is 9.59 Å². The van der Waals surface area contributed by atoms with Crippen molar-refractivity contribution in [3.05, 3.63) is 42.0 Å². The number of aromatic hydroxyl groups is 1. The Kier molecular flexibility index (Phi) is 4.70. The molecule has 0 fully saturated rings. The Balaban J connectivity index is 2.71. The van der Waals surface area contributed by atoms with E-state index in [-0.39, 0.29) is 17.0 Å². The van der Waals surface area contributed by atoms with Gasteiger partial charge in [0.1, 0.15) is 11.5 Å². The second kappa shape index (κ2) is 6.69. The molecule has 0 bridgehead atoms. The van der Waals surface area contributed by atoms with E-state index in [0.717, 1.165) is 0 Å². The van der Waals surface area contributed by atoms with Gasteiger partial charge in [-0.1, -0.05) is 6.07 Å². The zero-order valence-electron chi connectivity index (χ0n) is 12.6. The van der Waals surface area contributed by atoms with Crippen LogP contribution in [0.3, 0.4) is 0 Å². The highest BCUT2D eigenvalue weighted by Crippen LogP contribution is 2.39. The number of primary amides is 1. The van der Waals surface area contributed by atoms with E-state index >= 15 is 0 Å². The number of amides is 2. The number of methoxy groups -OCH3 is 2. The lowest BCUT2D eigenvalue weighted by atomic mass is 9.96. The summed E-state index contributed by atoms with van der Waals surface area (Å²) in [7, 11) is 2.71. The molecule has 0 radical (unpaired) electrons. The van der Waals surface area contributed by atoms with Gasteiger partial charge in [-0.2, -0.15) is 0 Å². The first-order valence-corrected chi connectivity index (χ1v) is 6.63. The van der Waals surface area contributed by atoms with Crippen LogP contribution in [0.25, 0.3) is 11.1 Å². The van der Waals surface area contributed by atoms with Gasteiger partial charge in [-0.05, 0) is 24.3 Å². The molecular weight excluding hydrogens is 300 g/mol. The molecule has 0 aliphatic carbocycles. The maximum atomic E-state index is 12.0. The molecule has 2 aromatic carbocycles. The van der Waals surface area contributed by atoms with Crippen LogP contribution in [0, 0.1) is 0 Å². The Labute approximate surface area is 132 Å². The smallest absolute Gasteiger partial charge is 0.338 e. The van der Waals surface area contributed by atoms with Crippen LogP contribution in [0.1, 0.15) is 10.4 Å². The summed E-state index contributed by atoms with van der Waals surface area (Å²) in [6.45, 7) is 0. The normalized spacial score (nSPS) is 10.0. The number of rotatable bonds is 4. The van der Waals surface area contributed by atoms with Crippen molar-refractivity contribution < 1.29 is 24.2 Å². The van der Waals surface area contributed by atoms with Crippen molar-refractivity contribution in [3.63, 3.8) is 0 Å². The maximum Gasteiger partial charge on any atom is 0.338 e. The number of carbonyl (C=O) groups is 2. The molecule has 120 valence electrons. The van der Waals surface area contributed by atoms with Gasteiger partial charge in [0, 0.05) is 17.2 Å². The molecule has 2 amide bonds. The van der Waals surface area contributed by atoms with Crippen molar-refractivity contribution in [2.75, 3.05) is 19.5 Å². The van der Waals surface area contributed by atoms with E-state index in [9.17, 15) is 14.7 Å². The van der Waals surface area contributed by atoms with Gasteiger partial charge in [0.05, 0.1) is 25.5 Å². The highest BCUT2D eigenvalue weighted by atomic mass is 16.5. The second-order valence-electron chi connectivity index (χ2n) is 4.59. The Hall–Kier alpha value is -3.22. The number of carbonyl (C=O) groups excluding carboxylic acids is 2. The number of anilines is 1. The number of ether oxygens (including phenoxy) is 2. The fourth-order valence-electron chi connectivity index (χ4n) is 2.21. The summed E-state index contributed by atoms with van der Waals surface area (Å²) >= 11 is 0. The van der Waals surface area contributed by atoms with Crippen LogP contribution in [0.5, 0.6) is 11.5 Å². The Morgan fingerprint density at radius 1 is 1.17 bits per heavy atom. The molecule has 0 spiro atoms. The van der Waals surface area contributed by atoms with Crippen molar-refractivity contribution in [2.45, 2.75) is 0 Å². The second-order valence-corrected chi connectivity index (χ2v) is 4.59. The third-order valence-electron chi connectivity index (χ3n) is 3.20. The largest absolute Gasteiger partial charge is 0.507 e. The summed E-state index contributed by atoms with van der Waals surface area (Å²) in [5, 5.41) is 12.7. The molecule has 2 aromatic rings. The van der Waals surface area contributed by atoms with Crippen LogP contribution in [0.15, 0.2) is 36.4 Å². The minimum atomic E-state index is -0.790. The predicted molar refractivity (Wildman–Crippen MR) is 84.6 cm³/mol. The fraction of sp³-hybridized carbons (Fsp3) is 0.125. The number of urea groups is 1. The number of phenolic OH excluding ortho intramolecular Hbond substituents is 1. The molecule has 7 heteroatoms. The van der Waals surface area contributed by atoms with E-state index in [1.54, 1.807) is 24.3 Å². The van der Waals surface area contributed by atoms with Gasteiger partial charge in [-0.3, -0.25) is 0 Å². The van der Waals surface area contributed by atoms with Gasteiger partial charge >= 0.3 is 12.0 Å². The highest BCUT2D eigenvalue weighted by molar-refractivity contribution is 6.04. The van der Waals surface area contributed by atoms with Crippen molar-refractivity contribution >= 4 is 17.7 Å². The number of esters is 1. The van der Waals surface area contributed by atoms with Crippen LogP contribution >= 0.6 is 0 Å². The zero-order chi connectivity index (χ0) is 17.0. The van der Waals surface area contributed by atoms with Crippen LogP contribution in [0.4, 0.5) is 10.5 Å². The first kappa shape index (κ1) is 16.2. The summed E-state index contributed by atoms with van der Waals surface area (Å²) < 4.78 is 9.79. The highest BCUT2D eigenvalue weighted by Gasteiger charge is 2.20. The average Bonchev–Trinajstić information content (AvgIpc) is 2.53. The van der Waals surface area contributed by atoms with E-state index in [1.165, 1.54) is 26.4 Å². The molecule has 7 nitrogen and oxygen atoms in total. The van der Waals surface area contributed by atoms with Gasteiger partial charge in [-0.15, -0.1) is 0 Å². The summed E-state index contributed by atoms with van der Waals surface area (Å²) in [6, 6.07) is 8.46. The third-order valence-corrected chi connectivity index (χ3v) is 3.20. The summed E-state index contributed by atoms with van der Waals surface area (Å²) in [5.41, 5.74) is 6.26. The van der Waals surface area contributed by atoms with Crippen molar-refractivity contribution in [1.82, 2.24) is 0 Å². The lowest BCUT2D eigenvalue weighted by Crippen LogP contribution is -2.20. The lowest BCUT2D eigenvalue weighted by Gasteiger charge is -2.15. The maximum absolute atomic E-state index is 12.0. The van der Waals surface area contributed by atoms with Crippen LogP contribution < -0.4 is 15.8 Å². The molecule has 0 heterocycles. The standard InChI is InChI=1S/C16H16N2O5/c1-22-9-6-7-10(13(19)8-9)14-11(15(20)23-2)4-3-5-12(14)18-16(17)21/h3-8,19H,1-2H3,(H3,17,18,21). The van der Waals surface area contributed by atoms with Crippen LogP contribution in [-0.4, -0.2) is 31.3 Å². The molecule has 2 rings (SSSR count). The van der Waals surface area contributed by atoms with Crippen molar-refractivity contribution in [2.24, 2.45) is 5.73 Å². The predicted octanol–water partition coefficient (Wildman–Crippen LogP) is 2.35. The minimum Gasteiger partial charge on any atom is -0.507 e. The molecule has 0 aliphatic heterocycles. The van der Waals surface area contributed by atoms with Crippen molar-refractivity contribution in [1.29, 1.82) is 0 Å². The van der Waals surface area contributed by atoms with E-state index in [2.05, 4.69) is 5.32 Å². The van der Waals surface area contributed by atoms with Crippen LogP contribution in [0.2, 0.25) is 0 Å². The number of hydrogen-bond donors (Lipinski definition) is 3. The molecule has 23 heavy (non-hydrogen) atoms. The Morgan fingerprint density at radius 3 is 2.48 bits per heavy atom. The van der Waals surface area contributed by atoms with E-state index < -0.39 is 12.0 Å². The average molecular weight is 316 g/mol. The molecule has 0 saturated heterocycles. The summed E-state index contributed by atoms with van der Waals surface area (Å²) in [5.74, 6) is -0.275. The van der Waals surface area contributed by atoms with Gasteiger partial charge < -0.3 is 25.6 Å². The number of nitrogens with one attached hydrogen (secondary N) is 1. The van der Waals surface area contributed by atoms with E-state index in [1.807, 2.05) is 0 Å². The van der Waals surface area contributed by atoms with Crippen LogP contribution in [-0.2, 0) is 4.74 Å². The minimum absolute atomic E-state index is 0.117. The molecular formula is C16H16N2O5. The SMILES string of the molecule is COC(=O)c1cccc(NC(N)=O)c1-c1ccc(OC)cc1O. The Bertz CT molecular complexity index is 758. The Morgan fingerprint density at radius 2 is 1.91 bits per heavy atom. The van der Waals surface area contributed by atoms with Gasteiger partial charge in [0.15, 0.2) is 0 Å². The fourth-order valence-corrected chi connectivity index (χ4v) is 2.21. The molecule has 0 aromatic heterocycles. The van der Waals surface area contributed by atoms with E-state index in [0.29, 0.717) is 16.9 Å². The molecule has 0 saturated carbocycles. The van der Waals surface area contributed by atoms with E-state index in [4.69, 9.17) is 15.2 Å². The van der Waals surface area contributed by atoms with Crippen molar-refractivity contribution in [3.8, 4) is 22.6 Å². The number of hydrogen-bond acceptors (Lipinski definition) is 5. The topological polar surface area (TPSA) is 111 Å². The number of phenols is 1. The summed E-state index contributed by atoms with van der Waals surface area (Å²) in [6.07, 6.45) is 0. The molecule has 4 N–H and O–H groups in total. The third kappa shape index (κ3) is 3.34. The monoisotopic (exact) mass is 316 g/mol. The first-order valence-electron chi connectivity index (χ1n) is 6.63. The zero-order valence-corrected chi connectivity index (χ0v) is 12.6. The quantitative estimate of drug-likeness (QED) is 0.750. The summed E-state index contributed by atoms with van der Waals surface area (Å²) in [4.78, 5) is 23.2. The van der Waals surface area contributed by atoms with Gasteiger partial charge in [0.25, 0.3) is 0 Å². The molecule has 0 unspecified atom stereocenters. The number of benzene rings is 2. The molecule has 0 atom stereocenters. The lowest BCUT2D eigenvalue weighted by molar-refractivity contribution is 0.0601. The number of nitrogens with two attached hydrogens (primary N) is 1. The first-order chi connectivity index (χ1) is 11.0.